The summed E-state index contributed by atoms with van der Waals surface area (Å²) in [7, 11) is 3.53. The zero-order valence-electron chi connectivity index (χ0n) is 12.7. The van der Waals surface area contributed by atoms with Crippen molar-refractivity contribution in [3.63, 3.8) is 0 Å². The first-order valence-corrected chi connectivity index (χ1v) is 7.31. The summed E-state index contributed by atoms with van der Waals surface area (Å²) >= 11 is 0. The molecule has 0 saturated heterocycles. The Morgan fingerprint density at radius 3 is 2.80 bits per heavy atom. The number of hydrogen-bond acceptors (Lipinski definition) is 2. The predicted octanol–water partition coefficient (Wildman–Crippen LogP) is 2.12. The normalized spacial score (nSPS) is 15.1. The molecule has 0 aromatic heterocycles. The number of ether oxygens (including phenoxy) is 1. The molecule has 0 unspecified atom stereocenters. The lowest BCUT2D eigenvalue weighted by atomic mass is 10.1. The molecule has 20 heavy (non-hydrogen) atoms. The summed E-state index contributed by atoms with van der Waals surface area (Å²) in [5, 5.41) is 6.71. The average Bonchev–Trinajstić information content (AvgIpc) is 3.28. The zero-order valence-corrected chi connectivity index (χ0v) is 12.7. The Hall–Kier alpha value is -1.71. The fourth-order valence-corrected chi connectivity index (χ4v) is 2.13. The van der Waals surface area contributed by atoms with Crippen LogP contribution in [0.5, 0.6) is 5.75 Å². The van der Waals surface area contributed by atoms with Crippen LogP contribution in [0, 0.1) is 12.8 Å². The van der Waals surface area contributed by atoms with Crippen LogP contribution in [0.1, 0.15) is 24.0 Å². The van der Waals surface area contributed by atoms with Crippen LogP contribution >= 0.6 is 0 Å². The van der Waals surface area contributed by atoms with Gasteiger partial charge in [-0.2, -0.15) is 0 Å². The average molecular weight is 275 g/mol. The molecule has 2 rings (SSSR count). The number of aryl methyl sites for hydroxylation is 1. The van der Waals surface area contributed by atoms with Crippen molar-refractivity contribution >= 4 is 5.96 Å². The van der Waals surface area contributed by atoms with Crippen LogP contribution < -0.4 is 15.4 Å². The number of rotatable bonds is 6. The lowest BCUT2D eigenvalue weighted by Gasteiger charge is -2.12. The van der Waals surface area contributed by atoms with E-state index in [2.05, 4.69) is 40.7 Å². The molecule has 0 heterocycles. The number of guanidine groups is 1. The van der Waals surface area contributed by atoms with Gasteiger partial charge in [-0.05, 0) is 49.3 Å². The molecule has 0 aliphatic heterocycles. The van der Waals surface area contributed by atoms with Crippen molar-refractivity contribution in [2.75, 3.05) is 27.2 Å². The van der Waals surface area contributed by atoms with Crippen LogP contribution in [0.25, 0.3) is 0 Å². The van der Waals surface area contributed by atoms with Crippen LogP contribution in [0.15, 0.2) is 23.2 Å². The second kappa shape index (κ2) is 7.17. The minimum atomic E-state index is 0.856. The van der Waals surface area contributed by atoms with Crippen LogP contribution in [-0.2, 0) is 6.42 Å². The summed E-state index contributed by atoms with van der Waals surface area (Å²) in [6, 6.07) is 6.37. The van der Waals surface area contributed by atoms with Gasteiger partial charge in [0.1, 0.15) is 5.75 Å². The van der Waals surface area contributed by atoms with E-state index in [9.17, 15) is 0 Å². The van der Waals surface area contributed by atoms with Crippen LogP contribution in [0.3, 0.4) is 0 Å². The fourth-order valence-electron chi connectivity index (χ4n) is 2.13. The summed E-state index contributed by atoms with van der Waals surface area (Å²) in [4.78, 5) is 4.24. The van der Waals surface area contributed by atoms with Gasteiger partial charge in [-0.1, -0.05) is 12.1 Å². The largest absolute Gasteiger partial charge is 0.496 e. The topological polar surface area (TPSA) is 45.7 Å². The number of aliphatic imine (C=N–C) groups is 1. The Balaban J connectivity index is 1.76. The Bertz CT molecular complexity index is 467. The van der Waals surface area contributed by atoms with Crippen molar-refractivity contribution in [3.8, 4) is 5.75 Å². The highest BCUT2D eigenvalue weighted by Crippen LogP contribution is 2.27. The zero-order chi connectivity index (χ0) is 14.4. The molecule has 1 aromatic rings. The monoisotopic (exact) mass is 275 g/mol. The lowest BCUT2D eigenvalue weighted by Crippen LogP contribution is -2.39. The van der Waals surface area contributed by atoms with E-state index in [4.69, 9.17) is 4.74 Å². The van der Waals surface area contributed by atoms with Gasteiger partial charge in [0.15, 0.2) is 5.96 Å². The Morgan fingerprint density at radius 1 is 1.35 bits per heavy atom. The van der Waals surface area contributed by atoms with Gasteiger partial charge in [0, 0.05) is 20.1 Å². The lowest BCUT2D eigenvalue weighted by molar-refractivity contribution is 0.411. The van der Waals surface area contributed by atoms with Crippen molar-refractivity contribution in [3.05, 3.63) is 29.3 Å². The molecular weight excluding hydrogens is 250 g/mol. The van der Waals surface area contributed by atoms with Gasteiger partial charge in [0.2, 0.25) is 0 Å². The maximum Gasteiger partial charge on any atom is 0.190 e. The molecule has 0 bridgehead atoms. The Labute approximate surface area is 121 Å². The summed E-state index contributed by atoms with van der Waals surface area (Å²) in [6.45, 7) is 3.97. The molecule has 1 fully saturated rings. The first kappa shape index (κ1) is 14.7. The smallest absolute Gasteiger partial charge is 0.190 e. The molecule has 0 spiro atoms. The highest BCUT2D eigenvalue weighted by molar-refractivity contribution is 5.79. The van der Waals surface area contributed by atoms with Crippen molar-refractivity contribution < 1.29 is 4.74 Å². The quantitative estimate of drug-likeness (QED) is 0.617. The molecule has 1 aromatic carbocycles. The van der Waals surface area contributed by atoms with Gasteiger partial charge in [0.25, 0.3) is 0 Å². The standard InChI is InChI=1S/C16H25N3O/c1-12-4-5-13(10-15(12)20-3)8-9-18-16(17-2)19-11-14-6-7-14/h4-5,10,14H,6-9,11H2,1-3H3,(H2,17,18,19). The maximum atomic E-state index is 5.35. The Morgan fingerprint density at radius 2 is 2.15 bits per heavy atom. The molecule has 4 nitrogen and oxygen atoms in total. The van der Waals surface area contributed by atoms with Crippen LogP contribution in [-0.4, -0.2) is 33.2 Å². The first-order valence-electron chi connectivity index (χ1n) is 7.31. The second-order valence-corrected chi connectivity index (χ2v) is 5.38. The van der Waals surface area contributed by atoms with Gasteiger partial charge >= 0.3 is 0 Å². The fraction of sp³-hybridized carbons (Fsp3) is 0.562. The summed E-state index contributed by atoms with van der Waals surface area (Å²) in [5.41, 5.74) is 2.45. The molecule has 0 amide bonds. The van der Waals surface area contributed by atoms with Crippen LogP contribution in [0.4, 0.5) is 0 Å². The highest BCUT2D eigenvalue weighted by Gasteiger charge is 2.20. The van der Waals surface area contributed by atoms with E-state index < -0.39 is 0 Å². The minimum absolute atomic E-state index is 0.856. The van der Waals surface area contributed by atoms with Gasteiger partial charge in [-0.25, -0.2) is 0 Å². The van der Waals surface area contributed by atoms with Crippen molar-refractivity contribution in [2.45, 2.75) is 26.2 Å². The molecule has 0 atom stereocenters. The third-order valence-corrected chi connectivity index (χ3v) is 3.66. The first-order chi connectivity index (χ1) is 9.72. The number of nitrogens with one attached hydrogen (secondary N) is 2. The number of benzene rings is 1. The van der Waals surface area contributed by atoms with Crippen molar-refractivity contribution in [1.82, 2.24) is 10.6 Å². The van der Waals surface area contributed by atoms with E-state index in [1.807, 2.05) is 7.05 Å². The van der Waals surface area contributed by atoms with Gasteiger partial charge in [0.05, 0.1) is 7.11 Å². The van der Waals surface area contributed by atoms with Crippen molar-refractivity contribution in [2.24, 2.45) is 10.9 Å². The third-order valence-electron chi connectivity index (χ3n) is 3.66. The van der Waals surface area contributed by atoms with E-state index in [1.54, 1.807) is 7.11 Å². The van der Waals surface area contributed by atoms with E-state index in [0.29, 0.717) is 0 Å². The molecule has 0 radical (unpaired) electrons. The van der Waals surface area contributed by atoms with Gasteiger partial charge in [-0.15, -0.1) is 0 Å². The molecule has 4 heteroatoms. The molecule has 1 aliphatic rings. The van der Waals surface area contributed by atoms with E-state index in [1.165, 1.54) is 24.0 Å². The number of nitrogens with zero attached hydrogens (tertiary/aromatic N) is 1. The predicted molar refractivity (Wildman–Crippen MR) is 83.5 cm³/mol. The summed E-state index contributed by atoms with van der Waals surface area (Å²) in [5.74, 6) is 2.71. The summed E-state index contributed by atoms with van der Waals surface area (Å²) in [6.07, 6.45) is 3.67. The SMILES string of the molecule is CN=C(NCCc1ccc(C)c(OC)c1)NCC1CC1. The van der Waals surface area contributed by atoms with Crippen LogP contribution in [0.2, 0.25) is 0 Å². The van der Waals surface area contributed by atoms with Gasteiger partial charge in [-0.3, -0.25) is 4.99 Å². The van der Waals surface area contributed by atoms with E-state index in [-0.39, 0.29) is 0 Å². The second-order valence-electron chi connectivity index (χ2n) is 5.38. The molecular formula is C16H25N3O. The minimum Gasteiger partial charge on any atom is -0.496 e. The molecule has 1 aliphatic carbocycles. The maximum absolute atomic E-state index is 5.35. The number of hydrogen-bond donors (Lipinski definition) is 2. The number of methoxy groups -OCH3 is 1. The van der Waals surface area contributed by atoms with E-state index >= 15 is 0 Å². The molecule has 1 saturated carbocycles. The molecule has 110 valence electrons. The highest BCUT2D eigenvalue weighted by atomic mass is 16.5. The summed E-state index contributed by atoms with van der Waals surface area (Å²) < 4.78 is 5.35. The van der Waals surface area contributed by atoms with Crippen molar-refractivity contribution in [1.29, 1.82) is 0 Å². The third kappa shape index (κ3) is 4.44. The Kier molecular flexibility index (Phi) is 5.27. The van der Waals surface area contributed by atoms with E-state index in [0.717, 1.165) is 37.1 Å². The van der Waals surface area contributed by atoms with Gasteiger partial charge < -0.3 is 15.4 Å². The molecule has 2 N–H and O–H groups in total.